The minimum absolute atomic E-state index is 0.0729. The van der Waals surface area contributed by atoms with Crippen LogP contribution in [0.15, 0.2) is 51.6 Å². The number of furan rings is 1. The molecule has 1 aliphatic rings. The number of carbonyl (C=O) groups is 1. The lowest BCUT2D eigenvalue weighted by molar-refractivity contribution is -0.136. The molecule has 3 aromatic rings. The van der Waals surface area contributed by atoms with E-state index in [1.807, 2.05) is 18.2 Å². The Hall–Kier alpha value is -2.35. The van der Waals surface area contributed by atoms with Crippen LogP contribution in [0.3, 0.4) is 0 Å². The van der Waals surface area contributed by atoms with Gasteiger partial charge < -0.3 is 19.0 Å². The van der Waals surface area contributed by atoms with Gasteiger partial charge in [0.15, 0.2) is 0 Å². The van der Waals surface area contributed by atoms with E-state index in [9.17, 15) is 4.79 Å². The van der Waals surface area contributed by atoms with E-state index in [0.29, 0.717) is 24.0 Å². The van der Waals surface area contributed by atoms with Crippen molar-refractivity contribution in [2.75, 3.05) is 20.3 Å². The van der Waals surface area contributed by atoms with Crippen LogP contribution >= 0.6 is 15.9 Å². The summed E-state index contributed by atoms with van der Waals surface area (Å²) in [6.07, 6.45) is 3.99. The number of likely N-dealkylation sites (tertiary alicyclic amines) is 1. The molecule has 1 fully saturated rings. The number of nitrogens with zero attached hydrogens (tertiary/aromatic N) is 1. The molecular weight excluding hydrogens is 462 g/mol. The lowest BCUT2D eigenvalue weighted by Crippen LogP contribution is -2.32. The van der Waals surface area contributed by atoms with Crippen molar-refractivity contribution in [2.45, 2.75) is 38.5 Å². The van der Waals surface area contributed by atoms with Gasteiger partial charge in [0.25, 0.3) is 0 Å². The summed E-state index contributed by atoms with van der Waals surface area (Å²) >= 11 is 3.64. The molecular formula is C24H26BrNO5. The molecule has 1 aliphatic heterocycles. The largest absolute Gasteiger partial charge is 0.488 e. The first-order chi connectivity index (χ1) is 15.0. The summed E-state index contributed by atoms with van der Waals surface area (Å²) in [4.78, 5) is 13.6. The highest BCUT2D eigenvalue weighted by Gasteiger charge is 2.25. The minimum atomic E-state index is -0.882. The third-order valence-corrected chi connectivity index (χ3v) is 6.18. The number of hydrogen-bond acceptors (Lipinski definition) is 5. The number of carboxylic acid groups (broad SMARTS) is 1. The molecule has 4 rings (SSSR count). The maximum Gasteiger partial charge on any atom is 0.307 e. The molecule has 31 heavy (non-hydrogen) atoms. The van der Waals surface area contributed by atoms with Crippen molar-refractivity contribution in [3.8, 4) is 5.75 Å². The van der Waals surface area contributed by atoms with Gasteiger partial charge >= 0.3 is 5.97 Å². The summed E-state index contributed by atoms with van der Waals surface area (Å²) in [6, 6.07) is 11.8. The summed E-state index contributed by atoms with van der Waals surface area (Å²) in [5, 5.41) is 10.1. The van der Waals surface area contributed by atoms with E-state index in [0.717, 1.165) is 52.7 Å². The van der Waals surface area contributed by atoms with Gasteiger partial charge in [-0.2, -0.15) is 0 Å². The molecule has 6 nitrogen and oxygen atoms in total. The fraction of sp³-hybridized carbons (Fsp3) is 0.375. The zero-order valence-corrected chi connectivity index (χ0v) is 19.1. The fourth-order valence-electron chi connectivity index (χ4n) is 4.26. The number of para-hydroxylation sites is 1. The zero-order valence-electron chi connectivity index (χ0n) is 17.5. The molecule has 0 radical (unpaired) electrons. The quantitative estimate of drug-likeness (QED) is 0.457. The second-order valence-corrected chi connectivity index (χ2v) is 8.81. The van der Waals surface area contributed by atoms with E-state index in [1.165, 1.54) is 6.42 Å². The number of ether oxygens (including phenoxy) is 2. The molecule has 1 aromatic heterocycles. The number of fused-ring (bicyclic) bond motifs is 1. The predicted molar refractivity (Wildman–Crippen MR) is 121 cm³/mol. The number of hydrogen-bond donors (Lipinski definition) is 1. The summed E-state index contributed by atoms with van der Waals surface area (Å²) in [5.74, 6) is -0.305. The molecule has 2 heterocycles. The Morgan fingerprint density at radius 1 is 1.26 bits per heavy atom. The van der Waals surface area contributed by atoms with Gasteiger partial charge in [-0.1, -0.05) is 34.1 Å². The Kier molecular flexibility index (Phi) is 6.95. The molecule has 0 spiro atoms. The normalized spacial score (nSPS) is 16.8. The van der Waals surface area contributed by atoms with Crippen molar-refractivity contribution in [1.29, 1.82) is 0 Å². The summed E-state index contributed by atoms with van der Waals surface area (Å²) in [5.41, 5.74) is 3.58. The average molecular weight is 488 g/mol. The zero-order chi connectivity index (χ0) is 21.8. The van der Waals surface area contributed by atoms with Crippen molar-refractivity contribution in [1.82, 2.24) is 4.90 Å². The van der Waals surface area contributed by atoms with Crippen LogP contribution in [0.4, 0.5) is 0 Å². The Labute approximate surface area is 189 Å². The lowest BCUT2D eigenvalue weighted by Gasteiger charge is -2.24. The van der Waals surface area contributed by atoms with Gasteiger partial charge in [0, 0.05) is 46.2 Å². The third-order valence-electron chi connectivity index (χ3n) is 5.72. The van der Waals surface area contributed by atoms with Crippen LogP contribution in [0.5, 0.6) is 5.75 Å². The number of carboxylic acids is 1. The Morgan fingerprint density at radius 3 is 2.90 bits per heavy atom. The first-order valence-electron chi connectivity index (χ1n) is 10.4. The van der Waals surface area contributed by atoms with Crippen molar-refractivity contribution < 1.29 is 23.8 Å². The molecule has 1 saturated heterocycles. The topological polar surface area (TPSA) is 72.1 Å². The highest BCUT2D eigenvalue weighted by Crippen LogP contribution is 2.32. The van der Waals surface area contributed by atoms with Crippen LogP contribution in [0.2, 0.25) is 0 Å². The van der Waals surface area contributed by atoms with Crippen LogP contribution < -0.4 is 4.74 Å². The number of aliphatic carboxylic acids is 1. The maximum atomic E-state index is 11.1. The van der Waals surface area contributed by atoms with Gasteiger partial charge in [-0.05, 0) is 37.6 Å². The molecule has 1 N–H and O–H groups in total. The van der Waals surface area contributed by atoms with Crippen LogP contribution in [0.1, 0.15) is 29.5 Å². The van der Waals surface area contributed by atoms with Crippen molar-refractivity contribution in [3.63, 3.8) is 0 Å². The Morgan fingerprint density at radius 2 is 2.10 bits per heavy atom. The van der Waals surface area contributed by atoms with Crippen LogP contribution in [0, 0.1) is 0 Å². The number of rotatable bonds is 9. The summed E-state index contributed by atoms with van der Waals surface area (Å²) in [6.45, 7) is 2.90. The van der Waals surface area contributed by atoms with Crippen molar-refractivity contribution >= 4 is 32.9 Å². The molecule has 1 atom stereocenters. The number of methoxy groups -OCH3 is 1. The molecule has 0 amide bonds. The molecule has 0 aliphatic carbocycles. The summed E-state index contributed by atoms with van der Waals surface area (Å²) < 4.78 is 18.3. The monoisotopic (exact) mass is 487 g/mol. The van der Waals surface area contributed by atoms with Gasteiger partial charge in [0.05, 0.1) is 19.3 Å². The highest BCUT2D eigenvalue weighted by atomic mass is 79.9. The smallest absolute Gasteiger partial charge is 0.307 e. The molecule has 0 unspecified atom stereocenters. The van der Waals surface area contributed by atoms with Gasteiger partial charge in [-0.25, -0.2) is 0 Å². The van der Waals surface area contributed by atoms with E-state index in [2.05, 4.69) is 26.9 Å². The van der Waals surface area contributed by atoms with E-state index in [4.69, 9.17) is 19.0 Å². The highest BCUT2D eigenvalue weighted by molar-refractivity contribution is 9.10. The second kappa shape index (κ2) is 9.85. The van der Waals surface area contributed by atoms with E-state index in [-0.39, 0.29) is 6.42 Å². The SMILES string of the molecule is COC[C@@H]1CCCN1Cc1cc(Br)cc2c(COc3ccccc3CC(=O)O)coc12. The van der Waals surface area contributed by atoms with Crippen LogP contribution in [-0.2, 0) is 29.1 Å². The lowest BCUT2D eigenvalue weighted by atomic mass is 10.1. The van der Waals surface area contributed by atoms with E-state index in [1.54, 1.807) is 25.5 Å². The predicted octanol–water partition coefficient (Wildman–Crippen LogP) is 5.01. The molecule has 2 aromatic carbocycles. The Bertz CT molecular complexity index is 1060. The molecule has 164 valence electrons. The van der Waals surface area contributed by atoms with Crippen LogP contribution in [-0.4, -0.2) is 42.3 Å². The number of benzene rings is 2. The molecule has 7 heteroatoms. The fourth-order valence-corrected chi connectivity index (χ4v) is 4.77. The van der Waals surface area contributed by atoms with E-state index < -0.39 is 5.97 Å². The van der Waals surface area contributed by atoms with Crippen LogP contribution in [0.25, 0.3) is 11.0 Å². The third kappa shape index (κ3) is 5.11. The first-order valence-corrected chi connectivity index (χ1v) is 11.2. The van der Waals surface area contributed by atoms with Crippen molar-refractivity contribution in [2.24, 2.45) is 0 Å². The Balaban J connectivity index is 1.55. The van der Waals surface area contributed by atoms with Gasteiger partial charge in [0.2, 0.25) is 0 Å². The maximum absolute atomic E-state index is 11.1. The summed E-state index contributed by atoms with van der Waals surface area (Å²) in [7, 11) is 1.75. The molecule has 0 saturated carbocycles. The minimum Gasteiger partial charge on any atom is -0.488 e. The second-order valence-electron chi connectivity index (χ2n) is 7.89. The number of halogens is 1. The van der Waals surface area contributed by atoms with Gasteiger partial charge in [-0.15, -0.1) is 0 Å². The van der Waals surface area contributed by atoms with Gasteiger partial charge in [0.1, 0.15) is 17.9 Å². The van der Waals surface area contributed by atoms with Gasteiger partial charge in [-0.3, -0.25) is 9.69 Å². The first kappa shape index (κ1) is 21.9. The standard InChI is InChI=1S/C24H26BrNO5/c1-29-15-20-6-4-8-26(20)12-17-9-19(25)11-21-18(14-31-24(17)21)13-30-22-7-3-2-5-16(22)10-23(27)28/h2-3,5,7,9,11,14,20H,4,6,8,10,12-13,15H2,1H3,(H,27,28)/t20-/m0/s1. The molecule has 0 bridgehead atoms. The average Bonchev–Trinajstić information content (AvgIpc) is 3.34. The van der Waals surface area contributed by atoms with E-state index >= 15 is 0 Å². The van der Waals surface area contributed by atoms with Crippen molar-refractivity contribution in [3.05, 3.63) is 63.8 Å².